The first kappa shape index (κ1) is 15.2. The van der Waals surface area contributed by atoms with Crippen LogP contribution < -0.4 is 11.3 Å². The monoisotopic (exact) mass is 300 g/mol. The van der Waals surface area contributed by atoms with Crippen LogP contribution in [0.25, 0.3) is 0 Å². The van der Waals surface area contributed by atoms with Crippen molar-refractivity contribution in [3.8, 4) is 0 Å². The van der Waals surface area contributed by atoms with Gasteiger partial charge in [0.1, 0.15) is 4.90 Å². The highest BCUT2D eigenvalue weighted by Gasteiger charge is 2.29. The van der Waals surface area contributed by atoms with Crippen LogP contribution in [0.4, 0.5) is 5.82 Å². The number of hydrogen-bond acceptors (Lipinski definition) is 6. The van der Waals surface area contributed by atoms with Crippen molar-refractivity contribution in [2.45, 2.75) is 30.8 Å². The lowest BCUT2D eigenvalue weighted by atomic mass is 10.2. The second kappa shape index (κ2) is 6.49. The molecular weight excluding hydrogens is 280 g/mol. The van der Waals surface area contributed by atoms with Crippen LogP contribution >= 0.6 is 0 Å². The second-order valence-corrected chi connectivity index (χ2v) is 6.49. The van der Waals surface area contributed by atoms with E-state index in [0.29, 0.717) is 19.7 Å². The first-order valence-corrected chi connectivity index (χ1v) is 8.07. The maximum atomic E-state index is 12.7. The molecule has 1 unspecified atom stereocenters. The SMILES string of the molecule is CCN(CC1CCCO1)S(=O)(=O)c1cccnc1NN. The number of aromatic nitrogens is 1. The van der Waals surface area contributed by atoms with Gasteiger partial charge in [0, 0.05) is 25.9 Å². The van der Waals surface area contributed by atoms with E-state index in [1.54, 1.807) is 13.0 Å². The molecule has 3 N–H and O–H groups in total. The normalized spacial score (nSPS) is 19.4. The molecule has 2 heterocycles. The summed E-state index contributed by atoms with van der Waals surface area (Å²) in [7, 11) is -3.63. The average Bonchev–Trinajstić information content (AvgIpc) is 2.97. The summed E-state index contributed by atoms with van der Waals surface area (Å²) in [5, 5.41) is 0. The lowest BCUT2D eigenvalue weighted by Gasteiger charge is -2.24. The molecule has 1 atom stereocenters. The summed E-state index contributed by atoms with van der Waals surface area (Å²) in [6, 6.07) is 3.07. The van der Waals surface area contributed by atoms with Gasteiger partial charge in [0.2, 0.25) is 10.0 Å². The third kappa shape index (κ3) is 3.09. The zero-order valence-corrected chi connectivity index (χ0v) is 12.3. The van der Waals surface area contributed by atoms with Gasteiger partial charge >= 0.3 is 0 Å². The standard InChI is InChI=1S/C12H20N4O3S/c1-2-16(9-10-5-4-8-19-10)20(17,18)11-6-3-7-14-12(11)15-13/h3,6-7,10H,2,4-5,8-9,13H2,1H3,(H,14,15). The highest BCUT2D eigenvalue weighted by atomic mass is 32.2. The number of ether oxygens (including phenoxy) is 1. The molecule has 7 nitrogen and oxygen atoms in total. The molecule has 0 amide bonds. The minimum Gasteiger partial charge on any atom is -0.377 e. The summed E-state index contributed by atoms with van der Waals surface area (Å²) >= 11 is 0. The Morgan fingerprint density at radius 1 is 1.60 bits per heavy atom. The van der Waals surface area contributed by atoms with Gasteiger partial charge in [-0.25, -0.2) is 19.2 Å². The number of sulfonamides is 1. The number of pyridine rings is 1. The van der Waals surface area contributed by atoms with Gasteiger partial charge in [0.25, 0.3) is 0 Å². The van der Waals surface area contributed by atoms with E-state index in [1.807, 2.05) is 0 Å². The molecule has 0 aliphatic carbocycles. The van der Waals surface area contributed by atoms with Gasteiger partial charge in [0.05, 0.1) is 6.10 Å². The zero-order valence-electron chi connectivity index (χ0n) is 11.4. The van der Waals surface area contributed by atoms with Crippen LogP contribution in [0.5, 0.6) is 0 Å². The number of anilines is 1. The Morgan fingerprint density at radius 3 is 3.00 bits per heavy atom. The molecule has 0 bridgehead atoms. The van der Waals surface area contributed by atoms with Crippen LogP contribution in [0, 0.1) is 0 Å². The molecule has 1 aromatic heterocycles. The van der Waals surface area contributed by atoms with Crippen molar-refractivity contribution < 1.29 is 13.2 Å². The first-order valence-electron chi connectivity index (χ1n) is 6.63. The molecule has 20 heavy (non-hydrogen) atoms. The van der Waals surface area contributed by atoms with Gasteiger partial charge in [-0.2, -0.15) is 4.31 Å². The van der Waals surface area contributed by atoms with Gasteiger partial charge in [-0.05, 0) is 25.0 Å². The smallest absolute Gasteiger partial charge is 0.246 e. The number of nitrogens with two attached hydrogens (primary N) is 1. The van der Waals surface area contributed by atoms with Crippen LogP contribution in [0.1, 0.15) is 19.8 Å². The van der Waals surface area contributed by atoms with E-state index in [1.165, 1.54) is 16.6 Å². The van der Waals surface area contributed by atoms with E-state index >= 15 is 0 Å². The topological polar surface area (TPSA) is 97.5 Å². The van der Waals surface area contributed by atoms with E-state index < -0.39 is 10.0 Å². The van der Waals surface area contributed by atoms with Crippen LogP contribution in [-0.2, 0) is 14.8 Å². The van der Waals surface area contributed by atoms with Gasteiger partial charge in [-0.15, -0.1) is 0 Å². The van der Waals surface area contributed by atoms with E-state index in [9.17, 15) is 8.42 Å². The van der Waals surface area contributed by atoms with Gasteiger partial charge in [0.15, 0.2) is 5.82 Å². The highest BCUT2D eigenvalue weighted by molar-refractivity contribution is 7.89. The molecule has 0 aromatic carbocycles. The summed E-state index contributed by atoms with van der Waals surface area (Å²) in [5.74, 6) is 5.48. The fourth-order valence-corrected chi connectivity index (χ4v) is 3.85. The van der Waals surface area contributed by atoms with Crippen LogP contribution in [0.15, 0.2) is 23.2 Å². The highest BCUT2D eigenvalue weighted by Crippen LogP contribution is 2.23. The molecule has 0 spiro atoms. The van der Waals surface area contributed by atoms with Crippen LogP contribution in [0.3, 0.4) is 0 Å². The third-order valence-corrected chi connectivity index (χ3v) is 5.28. The molecule has 1 aromatic rings. The van der Waals surface area contributed by atoms with Crippen molar-refractivity contribution >= 4 is 15.8 Å². The lowest BCUT2D eigenvalue weighted by Crippen LogP contribution is -2.37. The lowest BCUT2D eigenvalue weighted by molar-refractivity contribution is 0.0947. The van der Waals surface area contributed by atoms with Gasteiger partial charge < -0.3 is 10.2 Å². The molecule has 1 fully saturated rings. The summed E-state index contributed by atoms with van der Waals surface area (Å²) < 4.78 is 32.2. The molecule has 1 aliphatic heterocycles. The molecule has 112 valence electrons. The van der Waals surface area contributed by atoms with Crippen LogP contribution in [-0.4, -0.2) is 43.5 Å². The minimum atomic E-state index is -3.63. The predicted octanol–water partition coefficient (Wildman–Crippen LogP) is 0.557. The number of nitrogen functional groups attached to an aromatic ring is 1. The van der Waals surface area contributed by atoms with E-state index in [-0.39, 0.29) is 16.8 Å². The van der Waals surface area contributed by atoms with Crippen molar-refractivity contribution in [2.24, 2.45) is 5.84 Å². The molecular formula is C12H20N4O3S. The molecule has 2 rings (SSSR count). The molecule has 1 saturated heterocycles. The number of hydrazine groups is 1. The number of nitrogens with zero attached hydrogens (tertiary/aromatic N) is 2. The Bertz CT molecular complexity index is 543. The van der Waals surface area contributed by atoms with Crippen molar-refractivity contribution in [3.05, 3.63) is 18.3 Å². The maximum absolute atomic E-state index is 12.7. The number of hydrogen-bond donors (Lipinski definition) is 2. The Morgan fingerprint density at radius 2 is 2.40 bits per heavy atom. The zero-order chi connectivity index (χ0) is 14.6. The number of nitrogens with one attached hydrogen (secondary N) is 1. The first-order chi connectivity index (χ1) is 9.59. The Labute approximate surface area is 119 Å². The second-order valence-electron chi connectivity index (χ2n) is 4.59. The Hall–Kier alpha value is -1.22. The van der Waals surface area contributed by atoms with Gasteiger partial charge in [-0.1, -0.05) is 6.92 Å². The molecule has 1 aliphatic rings. The van der Waals surface area contributed by atoms with E-state index in [2.05, 4.69) is 10.4 Å². The van der Waals surface area contributed by atoms with Crippen molar-refractivity contribution in [1.29, 1.82) is 0 Å². The van der Waals surface area contributed by atoms with E-state index in [0.717, 1.165) is 12.8 Å². The fourth-order valence-electron chi connectivity index (χ4n) is 2.26. The minimum absolute atomic E-state index is 0.0318. The molecule has 0 saturated carbocycles. The van der Waals surface area contributed by atoms with E-state index in [4.69, 9.17) is 10.6 Å². The Balaban J connectivity index is 2.26. The average molecular weight is 300 g/mol. The summed E-state index contributed by atoms with van der Waals surface area (Å²) in [5.41, 5.74) is 2.33. The van der Waals surface area contributed by atoms with Crippen molar-refractivity contribution in [2.75, 3.05) is 25.1 Å². The summed E-state index contributed by atoms with van der Waals surface area (Å²) in [4.78, 5) is 4.02. The molecule has 8 heteroatoms. The van der Waals surface area contributed by atoms with Crippen LogP contribution in [0.2, 0.25) is 0 Å². The van der Waals surface area contributed by atoms with Crippen molar-refractivity contribution in [3.63, 3.8) is 0 Å². The maximum Gasteiger partial charge on any atom is 0.246 e. The van der Waals surface area contributed by atoms with Gasteiger partial charge in [-0.3, -0.25) is 0 Å². The Kier molecular flexibility index (Phi) is 4.92. The largest absolute Gasteiger partial charge is 0.377 e. The number of likely N-dealkylation sites (N-methyl/N-ethyl adjacent to an activating group) is 1. The molecule has 0 radical (unpaired) electrons. The quantitative estimate of drug-likeness (QED) is 0.588. The fraction of sp³-hybridized carbons (Fsp3) is 0.583. The summed E-state index contributed by atoms with van der Waals surface area (Å²) in [6.07, 6.45) is 3.33. The number of rotatable bonds is 6. The van der Waals surface area contributed by atoms with Crippen molar-refractivity contribution in [1.82, 2.24) is 9.29 Å². The predicted molar refractivity (Wildman–Crippen MR) is 75.5 cm³/mol. The summed E-state index contributed by atoms with van der Waals surface area (Å²) in [6.45, 7) is 3.24. The third-order valence-electron chi connectivity index (χ3n) is 3.31.